The van der Waals surface area contributed by atoms with Crippen molar-refractivity contribution in [3.05, 3.63) is 24.2 Å². The summed E-state index contributed by atoms with van der Waals surface area (Å²) in [6, 6.07) is 4.65. The summed E-state index contributed by atoms with van der Waals surface area (Å²) in [6.07, 6.45) is 7.69. The fraction of sp³-hybridized carbons (Fsp3) is 0.722. The predicted octanol–water partition coefficient (Wildman–Crippen LogP) is 2.97. The van der Waals surface area contributed by atoms with Crippen molar-refractivity contribution >= 4 is 5.96 Å². The van der Waals surface area contributed by atoms with Gasteiger partial charge in [-0.25, -0.2) is 0 Å². The maximum atomic E-state index is 5.37. The van der Waals surface area contributed by atoms with E-state index >= 15 is 0 Å². The molecule has 3 atom stereocenters. The van der Waals surface area contributed by atoms with Gasteiger partial charge >= 0.3 is 0 Å². The number of aliphatic imine (C=N–C) groups is 1. The Morgan fingerprint density at radius 2 is 2.26 bits per heavy atom. The highest BCUT2D eigenvalue weighted by atomic mass is 16.5. The van der Waals surface area contributed by atoms with Crippen molar-refractivity contribution in [3.63, 3.8) is 0 Å². The van der Waals surface area contributed by atoms with Crippen molar-refractivity contribution in [1.82, 2.24) is 10.6 Å². The molecule has 1 aromatic heterocycles. The van der Waals surface area contributed by atoms with Gasteiger partial charge in [-0.2, -0.15) is 0 Å². The van der Waals surface area contributed by atoms with Crippen LogP contribution >= 0.6 is 0 Å². The van der Waals surface area contributed by atoms with Gasteiger partial charge in [-0.3, -0.25) is 4.99 Å². The minimum absolute atomic E-state index is 0.230. The first kappa shape index (κ1) is 17.9. The molecule has 5 heteroatoms. The molecule has 1 aromatic rings. The molecule has 5 nitrogen and oxygen atoms in total. The highest BCUT2D eigenvalue weighted by Crippen LogP contribution is 2.23. The number of ether oxygens (including phenoxy) is 1. The molecule has 3 unspecified atom stereocenters. The van der Waals surface area contributed by atoms with Gasteiger partial charge in [-0.05, 0) is 37.8 Å². The number of guanidine groups is 1. The van der Waals surface area contributed by atoms with Gasteiger partial charge in [0.05, 0.1) is 12.9 Å². The molecule has 1 fully saturated rings. The van der Waals surface area contributed by atoms with Crippen molar-refractivity contribution in [2.75, 3.05) is 20.3 Å². The third-order valence-electron chi connectivity index (χ3n) is 4.44. The summed E-state index contributed by atoms with van der Waals surface area (Å²) < 4.78 is 10.6. The number of furan rings is 1. The molecule has 2 rings (SSSR count). The van der Waals surface area contributed by atoms with Crippen LogP contribution in [0.1, 0.15) is 45.3 Å². The van der Waals surface area contributed by atoms with Crippen LogP contribution in [0.5, 0.6) is 0 Å². The van der Waals surface area contributed by atoms with Crippen LogP contribution in [-0.4, -0.2) is 38.3 Å². The minimum atomic E-state index is 0.230. The lowest BCUT2D eigenvalue weighted by Crippen LogP contribution is -2.50. The summed E-state index contributed by atoms with van der Waals surface area (Å²) in [7, 11) is 1.72. The number of hydrogen-bond donors (Lipinski definition) is 2. The molecule has 0 saturated heterocycles. The molecule has 23 heavy (non-hydrogen) atoms. The molecule has 0 aliphatic heterocycles. The van der Waals surface area contributed by atoms with Crippen LogP contribution in [0.4, 0.5) is 0 Å². The first-order valence-corrected chi connectivity index (χ1v) is 8.78. The van der Waals surface area contributed by atoms with E-state index in [9.17, 15) is 0 Å². The zero-order valence-corrected chi connectivity index (χ0v) is 14.7. The summed E-state index contributed by atoms with van der Waals surface area (Å²) in [5, 5.41) is 7.08. The third kappa shape index (κ3) is 6.26. The van der Waals surface area contributed by atoms with Crippen molar-refractivity contribution in [2.24, 2.45) is 10.9 Å². The lowest BCUT2D eigenvalue weighted by molar-refractivity contribution is 0.178. The largest absolute Gasteiger partial charge is 0.469 e. The van der Waals surface area contributed by atoms with Crippen molar-refractivity contribution < 1.29 is 9.15 Å². The molecule has 0 bridgehead atoms. The average Bonchev–Trinajstić information content (AvgIpc) is 3.03. The van der Waals surface area contributed by atoms with Crippen LogP contribution in [0.3, 0.4) is 0 Å². The van der Waals surface area contributed by atoms with Gasteiger partial charge in [0.2, 0.25) is 0 Å². The highest BCUT2D eigenvalue weighted by molar-refractivity contribution is 5.80. The Hall–Kier alpha value is -1.49. The minimum Gasteiger partial charge on any atom is -0.469 e. The van der Waals surface area contributed by atoms with Gasteiger partial charge in [-0.15, -0.1) is 0 Å². The lowest BCUT2D eigenvalue weighted by Gasteiger charge is -2.31. The molecule has 0 spiro atoms. The first-order chi connectivity index (χ1) is 11.2. The molecule has 1 aliphatic rings. The van der Waals surface area contributed by atoms with Crippen LogP contribution in [0.2, 0.25) is 0 Å². The standard InChI is InChI=1S/C18H31N3O2/c1-14-7-4-5-9-17(14)21-18(20-15(2)13-22-3)19-11-10-16-8-6-12-23-16/h6,8,12,14-15,17H,4-5,7,9-11,13H2,1-3H3,(H2,19,20,21). The Morgan fingerprint density at radius 3 is 2.96 bits per heavy atom. The lowest BCUT2D eigenvalue weighted by atomic mass is 9.86. The number of hydrogen-bond acceptors (Lipinski definition) is 3. The van der Waals surface area contributed by atoms with E-state index in [1.807, 2.05) is 12.1 Å². The Kier molecular flexibility index (Phi) is 7.46. The van der Waals surface area contributed by atoms with E-state index in [1.54, 1.807) is 13.4 Å². The molecule has 0 aromatic carbocycles. The number of nitrogens with zero attached hydrogens (tertiary/aromatic N) is 1. The second kappa shape index (κ2) is 9.60. The van der Waals surface area contributed by atoms with E-state index in [2.05, 4.69) is 24.5 Å². The van der Waals surface area contributed by atoms with Crippen LogP contribution in [0.15, 0.2) is 27.8 Å². The molecular formula is C18H31N3O2. The van der Waals surface area contributed by atoms with Gasteiger partial charge in [-0.1, -0.05) is 19.8 Å². The summed E-state index contributed by atoms with van der Waals surface area (Å²) >= 11 is 0. The van der Waals surface area contributed by atoms with Gasteiger partial charge in [0.15, 0.2) is 5.96 Å². The average molecular weight is 321 g/mol. The summed E-state index contributed by atoms with van der Waals surface area (Å²) in [4.78, 5) is 4.73. The van der Waals surface area contributed by atoms with Gasteiger partial charge in [0.1, 0.15) is 5.76 Å². The van der Waals surface area contributed by atoms with Crippen LogP contribution < -0.4 is 10.6 Å². The Labute approximate surface area is 139 Å². The second-order valence-electron chi connectivity index (χ2n) is 6.57. The monoisotopic (exact) mass is 321 g/mol. The normalized spacial score (nSPS) is 23.5. The van der Waals surface area contributed by atoms with E-state index in [1.165, 1.54) is 25.7 Å². The fourth-order valence-electron chi connectivity index (χ4n) is 3.10. The summed E-state index contributed by atoms with van der Waals surface area (Å²) in [5.41, 5.74) is 0. The topological polar surface area (TPSA) is 58.8 Å². The number of nitrogens with one attached hydrogen (secondary N) is 2. The predicted molar refractivity (Wildman–Crippen MR) is 93.7 cm³/mol. The fourth-order valence-corrected chi connectivity index (χ4v) is 3.10. The molecule has 1 saturated carbocycles. The molecule has 1 heterocycles. The van der Waals surface area contributed by atoms with E-state index in [4.69, 9.17) is 14.1 Å². The van der Waals surface area contributed by atoms with Crippen LogP contribution in [0.25, 0.3) is 0 Å². The van der Waals surface area contributed by atoms with Crippen molar-refractivity contribution in [1.29, 1.82) is 0 Å². The summed E-state index contributed by atoms with van der Waals surface area (Å²) in [5.74, 6) is 2.56. The van der Waals surface area contributed by atoms with Crippen molar-refractivity contribution in [2.45, 2.75) is 58.0 Å². The first-order valence-electron chi connectivity index (χ1n) is 8.78. The zero-order valence-electron chi connectivity index (χ0n) is 14.7. The maximum Gasteiger partial charge on any atom is 0.191 e. The second-order valence-corrected chi connectivity index (χ2v) is 6.57. The number of methoxy groups -OCH3 is 1. The quantitative estimate of drug-likeness (QED) is 0.599. The SMILES string of the molecule is COCC(C)NC(=NCCc1ccco1)NC1CCCCC1C. The molecule has 130 valence electrons. The van der Waals surface area contributed by atoms with E-state index in [0.717, 1.165) is 18.1 Å². The van der Waals surface area contributed by atoms with Gasteiger partial charge in [0.25, 0.3) is 0 Å². The van der Waals surface area contributed by atoms with Crippen molar-refractivity contribution in [3.8, 4) is 0 Å². The van der Waals surface area contributed by atoms with Crippen LogP contribution in [0, 0.1) is 5.92 Å². The molecule has 0 radical (unpaired) electrons. The van der Waals surface area contributed by atoms with Crippen LogP contribution in [-0.2, 0) is 11.2 Å². The Balaban J connectivity index is 1.92. The maximum absolute atomic E-state index is 5.37. The zero-order chi connectivity index (χ0) is 16.5. The summed E-state index contributed by atoms with van der Waals surface area (Å²) in [6.45, 7) is 5.82. The van der Waals surface area contributed by atoms with Gasteiger partial charge in [0, 0.05) is 32.2 Å². The Morgan fingerprint density at radius 1 is 1.43 bits per heavy atom. The number of rotatable bonds is 7. The van der Waals surface area contributed by atoms with E-state index < -0.39 is 0 Å². The molecular weight excluding hydrogens is 290 g/mol. The molecule has 1 aliphatic carbocycles. The molecule has 2 N–H and O–H groups in total. The Bertz CT molecular complexity index is 459. The van der Waals surface area contributed by atoms with E-state index in [0.29, 0.717) is 25.1 Å². The highest BCUT2D eigenvalue weighted by Gasteiger charge is 2.22. The smallest absolute Gasteiger partial charge is 0.191 e. The third-order valence-corrected chi connectivity index (χ3v) is 4.44. The van der Waals surface area contributed by atoms with Gasteiger partial charge < -0.3 is 19.8 Å². The van der Waals surface area contributed by atoms with E-state index in [-0.39, 0.29) is 6.04 Å². The molecule has 0 amide bonds.